The Morgan fingerprint density at radius 2 is 1.86 bits per heavy atom. The van der Waals surface area contributed by atoms with E-state index in [1.165, 1.54) is 37.3 Å². The monoisotopic (exact) mass is 334 g/mol. The minimum Gasteiger partial charge on any atom is -0.339 e. The predicted molar refractivity (Wildman–Crippen MR) is 80.6 cm³/mol. The van der Waals surface area contributed by atoms with Crippen LogP contribution in [0.25, 0.3) is 0 Å². The third-order valence-electron chi connectivity index (χ3n) is 3.15. The second-order valence-corrected chi connectivity index (χ2v) is 7.06. The number of carbonyl (C=O) groups excluding carboxylic acids is 1. The molecule has 21 heavy (non-hydrogen) atoms. The number of hydrogen-bond donors (Lipinski definition) is 0. The van der Waals surface area contributed by atoms with Crippen molar-refractivity contribution >= 4 is 27.5 Å². The lowest BCUT2D eigenvalue weighted by molar-refractivity contribution is -0.0258. The Kier molecular flexibility index (Phi) is 5.75. The molecule has 0 atom stereocenters. The second kappa shape index (κ2) is 6.74. The van der Waals surface area contributed by atoms with Crippen LogP contribution in [0.1, 0.15) is 24.2 Å². The fourth-order valence-corrected chi connectivity index (χ4v) is 2.98. The summed E-state index contributed by atoms with van der Waals surface area (Å²) in [6.07, 6.45) is 0. The van der Waals surface area contributed by atoms with E-state index in [-0.39, 0.29) is 27.4 Å². The maximum absolute atomic E-state index is 12.3. The van der Waals surface area contributed by atoms with Crippen LogP contribution in [0.5, 0.6) is 0 Å². The number of hydrogen-bond acceptors (Lipinski definition) is 4. The lowest BCUT2D eigenvalue weighted by Gasteiger charge is -2.22. The van der Waals surface area contributed by atoms with Gasteiger partial charge >= 0.3 is 0 Å². The van der Waals surface area contributed by atoms with Gasteiger partial charge in [0.25, 0.3) is 15.9 Å². The molecular weight excluding hydrogens is 316 g/mol. The van der Waals surface area contributed by atoms with Gasteiger partial charge in [0.2, 0.25) is 0 Å². The van der Waals surface area contributed by atoms with Crippen LogP contribution in [0.15, 0.2) is 23.1 Å². The Balaban J connectivity index is 3.33. The molecule has 0 radical (unpaired) electrons. The Hall–Kier alpha value is -1.15. The van der Waals surface area contributed by atoms with Crippen molar-refractivity contribution in [1.82, 2.24) is 9.37 Å². The van der Waals surface area contributed by atoms with Crippen LogP contribution in [0.4, 0.5) is 0 Å². The molecule has 0 aromatic heterocycles. The lowest BCUT2D eigenvalue weighted by atomic mass is 10.2. The van der Waals surface area contributed by atoms with E-state index in [1.54, 1.807) is 7.05 Å². The van der Waals surface area contributed by atoms with Crippen molar-refractivity contribution < 1.29 is 18.0 Å². The van der Waals surface area contributed by atoms with E-state index in [2.05, 4.69) is 0 Å². The van der Waals surface area contributed by atoms with Crippen LogP contribution < -0.4 is 0 Å². The molecule has 0 aliphatic heterocycles. The van der Waals surface area contributed by atoms with E-state index in [0.29, 0.717) is 4.47 Å². The Labute approximate surface area is 130 Å². The summed E-state index contributed by atoms with van der Waals surface area (Å²) < 4.78 is 25.2. The summed E-state index contributed by atoms with van der Waals surface area (Å²) in [6.45, 7) is 3.73. The van der Waals surface area contributed by atoms with Crippen molar-refractivity contribution in [1.29, 1.82) is 0 Å². The quantitative estimate of drug-likeness (QED) is 0.772. The Bertz CT molecular complexity index is 631. The molecule has 1 rings (SSSR count). The highest BCUT2D eigenvalue weighted by Crippen LogP contribution is 2.26. The van der Waals surface area contributed by atoms with Gasteiger partial charge in [-0.2, -0.15) is 0 Å². The van der Waals surface area contributed by atoms with E-state index >= 15 is 0 Å². The highest BCUT2D eigenvalue weighted by atomic mass is 35.5. The van der Waals surface area contributed by atoms with E-state index in [9.17, 15) is 13.2 Å². The van der Waals surface area contributed by atoms with Crippen LogP contribution in [-0.2, 0) is 14.9 Å². The van der Waals surface area contributed by atoms with Gasteiger partial charge in [0.1, 0.15) is 4.90 Å². The molecule has 1 amide bonds. The van der Waals surface area contributed by atoms with Gasteiger partial charge < -0.3 is 4.90 Å². The molecule has 0 bridgehead atoms. The molecule has 0 fully saturated rings. The zero-order valence-corrected chi connectivity index (χ0v) is 14.2. The average Bonchev–Trinajstić information content (AvgIpc) is 2.44. The predicted octanol–water partition coefficient (Wildman–Crippen LogP) is 2.00. The number of nitrogens with zero attached hydrogens (tertiary/aromatic N) is 2. The van der Waals surface area contributed by atoms with Gasteiger partial charge in [-0.15, -0.1) is 0 Å². The topological polar surface area (TPSA) is 66.9 Å². The number of amides is 1. The zero-order chi connectivity index (χ0) is 16.4. The molecule has 0 N–H and O–H groups in total. The van der Waals surface area contributed by atoms with Gasteiger partial charge in [0.05, 0.1) is 12.1 Å². The minimum atomic E-state index is -3.91. The molecule has 1 aromatic carbocycles. The SMILES string of the molecule is CON(C)S(=O)(=O)c1cc(C(=O)N(C)C(C)C)ccc1Cl. The first-order valence-electron chi connectivity index (χ1n) is 6.22. The van der Waals surface area contributed by atoms with Crippen LogP contribution in [-0.4, -0.2) is 50.9 Å². The summed E-state index contributed by atoms with van der Waals surface area (Å²) in [6, 6.07) is 4.14. The number of sulfonamides is 1. The third-order valence-corrected chi connectivity index (χ3v) is 5.31. The molecule has 0 unspecified atom stereocenters. The van der Waals surface area contributed by atoms with Gasteiger partial charge in [-0.1, -0.05) is 16.1 Å². The molecule has 0 saturated carbocycles. The maximum Gasteiger partial charge on any atom is 0.266 e. The van der Waals surface area contributed by atoms with Crippen molar-refractivity contribution in [3.63, 3.8) is 0 Å². The Morgan fingerprint density at radius 3 is 2.33 bits per heavy atom. The summed E-state index contributed by atoms with van der Waals surface area (Å²) in [5.41, 5.74) is 0.249. The van der Waals surface area contributed by atoms with Crippen molar-refractivity contribution in [2.75, 3.05) is 21.2 Å². The van der Waals surface area contributed by atoms with Crippen molar-refractivity contribution in [3.8, 4) is 0 Å². The van der Waals surface area contributed by atoms with Gasteiger partial charge in [-0.3, -0.25) is 9.63 Å². The van der Waals surface area contributed by atoms with E-state index in [4.69, 9.17) is 16.4 Å². The number of hydroxylamine groups is 1. The van der Waals surface area contributed by atoms with E-state index < -0.39 is 10.0 Å². The van der Waals surface area contributed by atoms with Crippen LogP contribution in [0.2, 0.25) is 5.02 Å². The third kappa shape index (κ3) is 3.74. The second-order valence-electron chi connectivity index (χ2n) is 4.75. The lowest BCUT2D eigenvalue weighted by Crippen LogP contribution is -2.33. The smallest absolute Gasteiger partial charge is 0.266 e. The number of halogens is 1. The fraction of sp³-hybridized carbons (Fsp3) is 0.462. The first kappa shape index (κ1) is 17.9. The fourth-order valence-electron chi connectivity index (χ4n) is 1.51. The molecule has 118 valence electrons. The van der Waals surface area contributed by atoms with Gasteiger partial charge in [0.15, 0.2) is 0 Å². The molecule has 8 heteroatoms. The average molecular weight is 335 g/mol. The minimum absolute atomic E-state index is 0.00474. The first-order chi connectivity index (χ1) is 9.62. The van der Waals surface area contributed by atoms with Gasteiger partial charge in [0, 0.05) is 25.7 Å². The van der Waals surface area contributed by atoms with Crippen LogP contribution >= 0.6 is 11.6 Å². The summed E-state index contributed by atoms with van der Waals surface area (Å²) in [5.74, 6) is -0.279. The van der Waals surface area contributed by atoms with Crippen LogP contribution in [0, 0.1) is 0 Å². The normalized spacial score (nSPS) is 12.0. The van der Waals surface area contributed by atoms with E-state index in [1.807, 2.05) is 13.8 Å². The molecule has 0 saturated heterocycles. The number of carbonyl (C=O) groups is 1. The Morgan fingerprint density at radius 1 is 1.29 bits per heavy atom. The highest BCUT2D eigenvalue weighted by Gasteiger charge is 2.26. The molecule has 0 aliphatic carbocycles. The molecule has 6 nitrogen and oxygen atoms in total. The first-order valence-corrected chi connectivity index (χ1v) is 8.04. The number of rotatable bonds is 5. The molecule has 0 spiro atoms. The largest absolute Gasteiger partial charge is 0.339 e. The maximum atomic E-state index is 12.3. The zero-order valence-electron chi connectivity index (χ0n) is 12.6. The highest BCUT2D eigenvalue weighted by molar-refractivity contribution is 7.89. The summed E-state index contributed by atoms with van der Waals surface area (Å²) in [5, 5.41) is 0.0302. The molecule has 0 aliphatic rings. The van der Waals surface area contributed by atoms with Crippen molar-refractivity contribution in [3.05, 3.63) is 28.8 Å². The summed E-state index contributed by atoms with van der Waals surface area (Å²) >= 11 is 5.94. The molecule has 1 aromatic rings. The summed E-state index contributed by atoms with van der Waals surface area (Å²) in [7, 11) is 0.216. The van der Waals surface area contributed by atoms with Crippen molar-refractivity contribution in [2.24, 2.45) is 0 Å². The summed E-state index contributed by atoms with van der Waals surface area (Å²) in [4.78, 5) is 18.3. The van der Waals surface area contributed by atoms with Crippen molar-refractivity contribution in [2.45, 2.75) is 24.8 Å². The molecule has 0 heterocycles. The molecular formula is C13H19ClN2O4S. The van der Waals surface area contributed by atoms with Gasteiger partial charge in [-0.05, 0) is 32.0 Å². The number of benzene rings is 1. The van der Waals surface area contributed by atoms with E-state index in [0.717, 1.165) is 0 Å². The standard InChI is InChI=1S/C13H19ClN2O4S/c1-9(2)15(3)13(17)10-6-7-11(14)12(8-10)21(18,19)16(4)20-5/h6-9H,1-5H3. The van der Waals surface area contributed by atoms with Crippen LogP contribution in [0.3, 0.4) is 0 Å². The van der Waals surface area contributed by atoms with Gasteiger partial charge in [-0.25, -0.2) is 8.42 Å².